The lowest BCUT2D eigenvalue weighted by Gasteiger charge is -2.36. The molecule has 1 saturated heterocycles. The number of hydrogen-bond acceptors (Lipinski definition) is 3. The molecule has 0 bridgehead atoms. The van der Waals surface area contributed by atoms with Crippen LogP contribution < -0.4 is 5.32 Å². The van der Waals surface area contributed by atoms with Crippen LogP contribution in [0, 0.1) is 0 Å². The Morgan fingerprint density at radius 2 is 1.79 bits per heavy atom. The van der Waals surface area contributed by atoms with Gasteiger partial charge in [-0.3, -0.25) is 4.90 Å². The molecule has 0 spiro atoms. The zero-order chi connectivity index (χ0) is 9.97. The van der Waals surface area contributed by atoms with Crippen molar-refractivity contribution in [1.29, 1.82) is 0 Å². The Hall–Kier alpha value is -0.120. The zero-order valence-corrected chi connectivity index (χ0v) is 9.50. The lowest BCUT2D eigenvalue weighted by atomic mass is 10.2. The van der Waals surface area contributed by atoms with Crippen molar-refractivity contribution in [1.82, 2.24) is 15.1 Å². The standard InChI is InChI=1S/C11H23N3/c1-12-10-3-4-11(9-10)14-7-5-13(2)6-8-14/h10-12H,3-9H2,1-2H3/t10-,11+/m1/s1. The van der Waals surface area contributed by atoms with Crippen molar-refractivity contribution in [3.63, 3.8) is 0 Å². The van der Waals surface area contributed by atoms with Gasteiger partial charge in [0.1, 0.15) is 0 Å². The average molecular weight is 197 g/mol. The molecule has 0 aromatic rings. The quantitative estimate of drug-likeness (QED) is 0.690. The van der Waals surface area contributed by atoms with Gasteiger partial charge in [0.2, 0.25) is 0 Å². The summed E-state index contributed by atoms with van der Waals surface area (Å²) in [5.74, 6) is 0. The SMILES string of the molecule is CN[C@@H]1CC[C@H](N2CCN(C)CC2)C1. The largest absolute Gasteiger partial charge is 0.317 e. The fraction of sp³-hybridized carbons (Fsp3) is 1.00. The summed E-state index contributed by atoms with van der Waals surface area (Å²) < 4.78 is 0. The topological polar surface area (TPSA) is 18.5 Å². The second kappa shape index (κ2) is 4.60. The van der Waals surface area contributed by atoms with Crippen LogP contribution in [-0.2, 0) is 0 Å². The Bertz CT molecular complexity index is 175. The fourth-order valence-corrected chi connectivity index (χ4v) is 2.74. The fourth-order valence-electron chi connectivity index (χ4n) is 2.74. The number of likely N-dealkylation sites (N-methyl/N-ethyl adjacent to an activating group) is 1. The van der Waals surface area contributed by atoms with Crippen molar-refractivity contribution in [3.05, 3.63) is 0 Å². The number of hydrogen-bond donors (Lipinski definition) is 1. The molecule has 1 saturated carbocycles. The van der Waals surface area contributed by atoms with Crippen LogP contribution in [0.4, 0.5) is 0 Å². The highest BCUT2D eigenvalue weighted by Crippen LogP contribution is 2.24. The summed E-state index contributed by atoms with van der Waals surface area (Å²) in [5.41, 5.74) is 0. The molecular formula is C11H23N3. The van der Waals surface area contributed by atoms with Crippen LogP contribution in [0.5, 0.6) is 0 Å². The molecule has 0 aromatic heterocycles. The van der Waals surface area contributed by atoms with Gasteiger partial charge in [0.25, 0.3) is 0 Å². The van der Waals surface area contributed by atoms with Crippen molar-refractivity contribution in [2.45, 2.75) is 31.3 Å². The number of piperazine rings is 1. The second-order valence-corrected chi connectivity index (χ2v) is 4.79. The molecule has 0 unspecified atom stereocenters. The minimum Gasteiger partial charge on any atom is -0.317 e. The van der Waals surface area contributed by atoms with Gasteiger partial charge >= 0.3 is 0 Å². The van der Waals surface area contributed by atoms with Gasteiger partial charge in [-0.05, 0) is 33.4 Å². The molecular weight excluding hydrogens is 174 g/mol. The van der Waals surface area contributed by atoms with Crippen LogP contribution >= 0.6 is 0 Å². The lowest BCUT2D eigenvalue weighted by molar-refractivity contribution is 0.112. The maximum atomic E-state index is 3.40. The Kier molecular flexibility index (Phi) is 3.42. The minimum atomic E-state index is 0.777. The Labute approximate surface area is 87.4 Å². The highest BCUT2D eigenvalue weighted by molar-refractivity contribution is 4.87. The molecule has 14 heavy (non-hydrogen) atoms. The first-order valence-electron chi connectivity index (χ1n) is 5.89. The summed E-state index contributed by atoms with van der Waals surface area (Å²) in [5, 5.41) is 3.40. The van der Waals surface area contributed by atoms with Crippen LogP contribution in [0.15, 0.2) is 0 Å². The van der Waals surface area contributed by atoms with Gasteiger partial charge in [0.15, 0.2) is 0 Å². The molecule has 82 valence electrons. The summed E-state index contributed by atoms with van der Waals surface area (Å²) >= 11 is 0. The molecule has 2 atom stereocenters. The van der Waals surface area contributed by atoms with Crippen LogP contribution in [0.25, 0.3) is 0 Å². The van der Waals surface area contributed by atoms with Crippen molar-refractivity contribution >= 4 is 0 Å². The highest BCUT2D eigenvalue weighted by Gasteiger charge is 2.29. The van der Waals surface area contributed by atoms with Crippen molar-refractivity contribution in [2.24, 2.45) is 0 Å². The molecule has 1 N–H and O–H groups in total. The van der Waals surface area contributed by atoms with Gasteiger partial charge < -0.3 is 10.2 Å². The summed E-state index contributed by atoms with van der Waals surface area (Å²) in [7, 11) is 4.32. The van der Waals surface area contributed by atoms with E-state index in [9.17, 15) is 0 Å². The van der Waals surface area contributed by atoms with Gasteiger partial charge in [-0.1, -0.05) is 0 Å². The summed E-state index contributed by atoms with van der Waals surface area (Å²) in [4.78, 5) is 5.12. The highest BCUT2D eigenvalue weighted by atomic mass is 15.3. The van der Waals surface area contributed by atoms with Crippen molar-refractivity contribution in [3.8, 4) is 0 Å². The van der Waals surface area contributed by atoms with E-state index in [4.69, 9.17) is 0 Å². The molecule has 3 nitrogen and oxygen atoms in total. The van der Waals surface area contributed by atoms with E-state index < -0.39 is 0 Å². The predicted molar refractivity (Wildman–Crippen MR) is 59.6 cm³/mol. The van der Waals surface area contributed by atoms with E-state index in [1.165, 1.54) is 45.4 Å². The van der Waals surface area contributed by atoms with Crippen LogP contribution in [0.2, 0.25) is 0 Å². The van der Waals surface area contributed by atoms with Gasteiger partial charge in [-0.15, -0.1) is 0 Å². The first-order chi connectivity index (χ1) is 6.79. The van der Waals surface area contributed by atoms with E-state index in [1.54, 1.807) is 0 Å². The van der Waals surface area contributed by atoms with E-state index in [2.05, 4.69) is 29.2 Å². The van der Waals surface area contributed by atoms with E-state index in [-0.39, 0.29) is 0 Å². The third kappa shape index (κ3) is 2.27. The summed E-state index contributed by atoms with van der Waals surface area (Å²) in [6, 6.07) is 1.64. The smallest absolute Gasteiger partial charge is 0.0113 e. The molecule has 2 rings (SSSR count). The molecule has 1 aliphatic carbocycles. The third-order valence-electron chi connectivity index (χ3n) is 3.87. The van der Waals surface area contributed by atoms with Crippen molar-refractivity contribution < 1.29 is 0 Å². The van der Waals surface area contributed by atoms with E-state index in [0.717, 1.165) is 12.1 Å². The third-order valence-corrected chi connectivity index (χ3v) is 3.87. The van der Waals surface area contributed by atoms with E-state index in [1.807, 2.05) is 0 Å². The summed E-state index contributed by atoms with van der Waals surface area (Å²) in [6.07, 6.45) is 4.13. The normalized spacial score (nSPS) is 36.4. The first-order valence-corrected chi connectivity index (χ1v) is 5.89. The molecule has 2 aliphatic rings. The molecule has 1 heterocycles. The monoisotopic (exact) mass is 197 g/mol. The molecule has 0 amide bonds. The zero-order valence-electron chi connectivity index (χ0n) is 9.50. The minimum absolute atomic E-state index is 0.777. The van der Waals surface area contributed by atoms with Crippen molar-refractivity contribution in [2.75, 3.05) is 40.3 Å². The number of nitrogens with zero attached hydrogens (tertiary/aromatic N) is 2. The van der Waals surface area contributed by atoms with E-state index >= 15 is 0 Å². The van der Waals surface area contributed by atoms with Gasteiger partial charge in [-0.25, -0.2) is 0 Å². The van der Waals surface area contributed by atoms with Gasteiger partial charge in [-0.2, -0.15) is 0 Å². The molecule has 3 heteroatoms. The molecule has 0 aromatic carbocycles. The van der Waals surface area contributed by atoms with E-state index in [0.29, 0.717) is 0 Å². The lowest BCUT2D eigenvalue weighted by Crippen LogP contribution is -2.48. The Morgan fingerprint density at radius 3 is 2.36 bits per heavy atom. The Morgan fingerprint density at radius 1 is 1.07 bits per heavy atom. The number of nitrogens with one attached hydrogen (secondary N) is 1. The maximum Gasteiger partial charge on any atom is 0.0113 e. The van der Waals surface area contributed by atoms with Crippen LogP contribution in [0.3, 0.4) is 0 Å². The molecule has 0 radical (unpaired) electrons. The molecule has 2 fully saturated rings. The predicted octanol–water partition coefficient (Wildman–Crippen LogP) is 0.374. The average Bonchev–Trinajstić information content (AvgIpc) is 2.67. The number of rotatable bonds is 2. The maximum absolute atomic E-state index is 3.40. The van der Waals surface area contributed by atoms with Gasteiger partial charge in [0, 0.05) is 38.3 Å². The first kappa shape index (κ1) is 10.4. The molecule has 1 aliphatic heterocycles. The summed E-state index contributed by atoms with van der Waals surface area (Å²) in [6.45, 7) is 5.05. The van der Waals surface area contributed by atoms with Gasteiger partial charge in [0.05, 0.1) is 0 Å². The Balaban J connectivity index is 1.79. The second-order valence-electron chi connectivity index (χ2n) is 4.79. The van der Waals surface area contributed by atoms with Crippen LogP contribution in [0.1, 0.15) is 19.3 Å². The van der Waals surface area contributed by atoms with Crippen LogP contribution in [-0.4, -0.2) is 62.2 Å².